The Morgan fingerprint density at radius 2 is 2.00 bits per heavy atom. The van der Waals surface area contributed by atoms with E-state index in [-0.39, 0.29) is 24.2 Å². The molecule has 1 amide bonds. The van der Waals surface area contributed by atoms with Gasteiger partial charge in [0.15, 0.2) is 11.5 Å². The molecule has 0 fully saturated rings. The highest BCUT2D eigenvalue weighted by molar-refractivity contribution is 7.89. The highest BCUT2D eigenvalue weighted by Gasteiger charge is 2.26. The lowest BCUT2D eigenvalue weighted by Gasteiger charge is -2.21. The summed E-state index contributed by atoms with van der Waals surface area (Å²) in [6, 6.07) is 4.64. The number of nitrogens with one attached hydrogen (secondary N) is 2. The fourth-order valence-corrected chi connectivity index (χ4v) is 3.25. The summed E-state index contributed by atoms with van der Waals surface area (Å²) < 4.78 is 36.7. The van der Waals surface area contributed by atoms with E-state index in [0.717, 1.165) is 5.56 Å². The second-order valence-corrected chi connectivity index (χ2v) is 8.30. The molecule has 1 aromatic rings. The maximum Gasteiger partial charge on any atom is 0.238 e. The van der Waals surface area contributed by atoms with Crippen LogP contribution in [0.4, 0.5) is 0 Å². The molecule has 0 saturated carbocycles. The van der Waals surface area contributed by atoms with E-state index in [4.69, 9.17) is 15.9 Å². The molecule has 0 aliphatic carbocycles. The number of rotatable bonds is 11. The van der Waals surface area contributed by atoms with Gasteiger partial charge in [-0.3, -0.25) is 4.79 Å². The quantitative estimate of drug-likeness (QED) is 0.551. The summed E-state index contributed by atoms with van der Waals surface area (Å²) in [5.41, 5.74) is 0.940. The van der Waals surface area contributed by atoms with Crippen LogP contribution in [0.1, 0.15) is 26.3 Å². The van der Waals surface area contributed by atoms with Crippen LogP contribution in [0.15, 0.2) is 18.2 Å². The molecule has 0 aliphatic rings. The van der Waals surface area contributed by atoms with Gasteiger partial charge in [0.25, 0.3) is 0 Å². The lowest BCUT2D eigenvalue weighted by molar-refractivity contribution is -0.123. The zero-order valence-electron chi connectivity index (χ0n) is 16.2. The van der Waals surface area contributed by atoms with Gasteiger partial charge in [0.1, 0.15) is 12.6 Å². The third kappa shape index (κ3) is 7.49. The summed E-state index contributed by atoms with van der Waals surface area (Å²) in [4.78, 5) is 12.4. The number of hydrogen-bond acceptors (Lipinski definition) is 5. The van der Waals surface area contributed by atoms with E-state index in [1.807, 2.05) is 12.1 Å². The van der Waals surface area contributed by atoms with Gasteiger partial charge in [-0.15, -0.1) is 6.42 Å². The zero-order chi connectivity index (χ0) is 20.4. The van der Waals surface area contributed by atoms with E-state index >= 15 is 0 Å². The Morgan fingerprint density at radius 1 is 1.30 bits per heavy atom. The average Bonchev–Trinajstić information content (AvgIpc) is 2.64. The predicted molar refractivity (Wildman–Crippen MR) is 105 cm³/mol. The topological polar surface area (TPSA) is 93.7 Å². The molecule has 0 aromatic heterocycles. The van der Waals surface area contributed by atoms with Crippen LogP contribution in [-0.2, 0) is 21.2 Å². The van der Waals surface area contributed by atoms with Crippen LogP contribution < -0.4 is 19.5 Å². The molecule has 1 atom stereocenters. The lowest BCUT2D eigenvalue weighted by atomic mass is 10.0. The first-order chi connectivity index (χ1) is 12.7. The van der Waals surface area contributed by atoms with Crippen molar-refractivity contribution in [3.63, 3.8) is 0 Å². The van der Waals surface area contributed by atoms with Crippen LogP contribution >= 0.6 is 0 Å². The maximum atomic E-state index is 12.4. The number of terminal acetylenes is 1. The number of hydrogen-bond donors (Lipinski definition) is 2. The molecule has 27 heavy (non-hydrogen) atoms. The molecule has 1 aromatic carbocycles. The highest BCUT2D eigenvalue weighted by Crippen LogP contribution is 2.28. The van der Waals surface area contributed by atoms with Crippen molar-refractivity contribution < 1.29 is 22.7 Å². The standard InChI is InChI=1S/C19H28N2O5S/c1-6-12-26-16-9-8-15(13-17(16)25-5)10-11-20-19(22)18(14(3)4)21-27(23,24)7-2/h1,8-9,13-14,18,21H,7,10-12H2,2-5H3,(H,20,22)/t18-/m0/s1. The smallest absolute Gasteiger partial charge is 0.238 e. The van der Waals surface area contributed by atoms with Crippen molar-refractivity contribution in [2.75, 3.05) is 26.0 Å². The van der Waals surface area contributed by atoms with E-state index in [0.29, 0.717) is 24.5 Å². The first-order valence-electron chi connectivity index (χ1n) is 8.75. The Bertz CT molecular complexity index is 769. The summed E-state index contributed by atoms with van der Waals surface area (Å²) in [5.74, 6) is 2.92. The summed E-state index contributed by atoms with van der Waals surface area (Å²) in [6.45, 7) is 5.63. The molecule has 0 spiro atoms. The molecular weight excluding hydrogens is 368 g/mol. The van der Waals surface area contributed by atoms with Crippen LogP contribution in [-0.4, -0.2) is 46.4 Å². The Kier molecular flexibility index (Phi) is 9.12. The third-order valence-corrected chi connectivity index (χ3v) is 5.26. The van der Waals surface area contributed by atoms with Crippen molar-refractivity contribution in [2.45, 2.75) is 33.2 Å². The lowest BCUT2D eigenvalue weighted by Crippen LogP contribution is -2.50. The highest BCUT2D eigenvalue weighted by atomic mass is 32.2. The van der Waals surface area contributed by atoms with Crippen LogP contribution in [0, 0.1) is 18.3 Å². The Labute approximate surface area is 161 Å². The average molecular weight is 397 g/mol. The normalized spacial score (nSPS) is 12.3. The summed E-state index contributed by atoms with van der Waals surface area (Å²) >= 11 is 0. The zero-order valence-corrected chi connectivity index (χ0v) is 17.1. The van der Waals surface area contributed by atoms with E-state index in [2.05, 4.69) is 16.0 Å². The summed E-state index contributed by atoms with van der Waals surface area (Å²) in [6.07, 6.45) is 5.74. The van der Waals surface area contributed by atoms with Crippen molar-refractivity contribution in [3.05, 3.63) is 23.8 Å². The molecular formula is C19H28N2O5S. The van der Waals surface area contributed by atoms with E-state index < -0.39 is 16.1 Å². The van der Waals surface area contributed by atoms with Crippen LogP contribution in [0.5, 0.6) is 11.5 Å². The third-order valence-electron chi connectivity index (χ3n) is 3.89. The van der Waals surface area contributed by atoms with Gasteiger partial charge in [-0.25, -0.2) is 13.1 Å². The second-order valence-electron chi connectivity index (χ2n) is 6.26. The largest absolute Gasteiger partial charge is 0.493 e. The number of ether oxygens (including phenoxy) is 2. The second kappa shape index (κ2) is 10.8. The minimum absolute atomic E-state index is 0.0720. The number of sulfonamides is 1. The van der Waals surface area contributed by atoms with E-state index in [9.17, 15) is 13.2 Å². The van der Waals surface area contributed by atoms with E-state index in [1.54, 1.807) is 19.9 Å². The number of benzene rings is 1. The fraction of sp³-hybridized carbons (Fsp3) is 0.526. The molecule has 0 bridgehead atoms. The molecule has 7 nitrogen and oxygen atoms in total. The van der Waals surface area contributed by atoms with Gasteiger partial charge < -0.3 is 14.8 Å². The summed E-state index contributed by atoms with van der Waals surface area (Å²) in [7, 11) is -1.92. The molecule has 8 heteroatoms. The van der Waals surface area contributed by atoms with Gasteiger partial charge in [0, 0.05) is 6.54 Å². The Balaban J connectivity index is 2.67. The molecule has 2 N–H and O–H groups in total. The molecule has 0 aliphatic heterocycles. The van der Waals surface area contributed by atoms with Gasteiger partial charge >= 0.3 is 0 Å². The maximum absolute atomic E-state index is 12.4. The van der Waals surface area contributed by atoms with Crippen molar-refractivity contribution in [1.29, 1.82) is 0 Å². The first-order valence-corrected chi connectivity index (χ1v) is 10.4. The monoisotopic (exact) mass is 396 g/mol. The number of carbonyl (C=O) groups excluding carboxylic acids is 1. The Hall–Kier alpha value is -2.24. The first kappa shape index (κ1) is 22.8. The van der Waals surface area contributed by atoms with Gasteiger partial charge in [-0.05, 0) is 37.0 Å². The van der Waals surface area contributed by atoms with Gasteiger partial charge in [0.05, 0.1) is 12.9 Å². The minimum Gasteiger partial charge on any atom is -0.493 e. The molecule has 150 valence electrons. The van der Waals surface area contributed by atoms with Crippen molar-refractivity contribution in [1.82, 2.24) is 10.0 Å². The van der Waals surface area contributed by atoms with Crippen LogP contribution in [0.3, 0.4) is 0 Å². The Morgan fingerprint density at radius 3 is 2.56 bits per heavy atom. The SMILES string of the molecule is C#CCOc1ccc(CCNC(=O)[C@@H](NS(=O)(=O)CC)C(C)C)cc1OC. The van der Waals surface area contributed by atoms with Crippen molar-refractivity contribution >= 4 is 15.9 Å². The van der Waals surface area contributed by atoms with Crippen molar-refractivity contribution in [3.8, 4) is 23.8 Å². The molecule has 0 heterocycles. The van der Waals surface area contributed by atoms with Gasteiger partial charge in [-0.2, -0.15) is 0 Å². The number of amides is 1. The molecule has 0 unspecified atom stereocenters. The minimum atomic E-state index is -3.46. The number of carbonyl (C=O) groups is 1. The van der Waals surface area contributed by atoms with E-state index in [1.165, 1.54) is 14.0 Å². The molecule has 0 radical (unpaired) electrons. The molecule has 1 rings (SSSR count). The fourth-order valence-electron chi connectivity index (χ4n) is 2.32. The molecule has 0 saturated heterocycles. The van der Waals surface area contributed by atoms with Gasteiger partial charge in [0.2, 0.25) is 15.9 Å². The van der Waals surface area contributed by atoms with Crippen LogP contribution in [0.25, 0.3) is 0 Å². The van der Waals surface area contributed by atoms with Gasteiger partial charge in [-0.1, -0.05) is 25.8 Å². The number of methoxy groups -OCH3 is 1. The summed E-state index contributed by atoms with van der Waals surface area (Å²) in [5, 5.41) is 2.78. The van der Waals surface area contributed by atoms with Crippen molar-refractivity contribution in [2.24, 2.45) is 5.92 Å². The predicted octanol–water partition coefficient (Wildman–Crippen LogP) is 1.33. The van der Waals surface area contributed by atoms with Crippen LogP contribution in [0.2, 0.25) is 0 Å².